The lowest BCUT2D eigenvalue weighted by Gasteiger charge is -2.30. The van der Waals surface area contributed by atoms with E-state index in [4.69, 9.17) is 4.42 Å². The van der Waals surface area contributed by atoms with Crippen LogP contribution in [0.1, 0.15) is 25.0 Å². The summed E-state index contributed by atoms with van der Waals surface area (Å²) in [5.41, 5.74) is 14.9. The Labute approximate surface area is 343 Å². The molecular formula is C57H39NO. The van der Waals surface area contributed by atoms with E-state index in [0.29, 0.717) is 0 Å². The molecule has 1 heterocycles. The van der Waals surface area contributed by atoms with Crippen LogP contribution < -0.4 is 4.90 Å². The zero-order chi connectivity index (χ0) is 39.2. The van der Waals surface area contributed by atoms with Crippen LogP contribution in [0, 0.1) is 0 Å². The van der Waals surface area contributed by atoms with Gasteiger partial charge in [-0.05, 0) is 102 Å². The van der Waals surface area contributed by atoms with Gasteiger partial charge < -0.3 is 9.32 Å². The second-order valence-electron chi connectivity index (χ2n) is 16.4. The molecule has 0 saturated heterocycles. The van der Waals surface area contributed by atoms with Gasteiger partial charge in [0.2, 0.25) is 0 Å². The quantitative estimate of drug-likeness (QED) is 0.163. The maximum Gasteiger partial charge on any atom is 0.143 e. The number of hydrogen-bond acceptors (Lipinski definition) is 2. The van der Waals surface area contributed by atoms with Crippen molar-refractivity contribution in [3.8, 4) is 33.4 Å². The molecule has 12 rings (SSSR count). The molecule has 2 heteroatoms. The summed E-state index contributed by atoms with van der Waals surface area (Å²) in [5, 5.41) is 9.40. The number of hydrogen-bond donors (Lipinski definition) is 0. The number of anilines is 3. The van der Waals surface area contributed by atoms with Crippen LogP contribution in [0.5, 0.6) is 0 Å². The molecule has 0 aliphatic heterocycles. The summed E-state index contributed by atoms with van der Waals surface area (Å²) in [6.07, 6.45) is 0. The van der Waals surface area contributed by atoms with E-state index in [-0.39, 0.29) is 5.41 Å². The van der Waals surface area contributed by atoms with Crippen LogP contribution in [-0.4, -0.2) is 0 Å². The Bertz CT molecular complexity index is 3460. The SMILES string of the molecule is CC1(C)c2ccccc2-c2ccc(N(c3ccc(-c4ccccc4)cc3)c3ccc4oc5c6ccccc6c6ccccc6c5c4c3-c3cccc4ccccc34)cc21. The predicted octanol–water partition coefficient (Wildman–Crippen LogP) is 16.2. The summed E-state index contributed by atoms with van der Waals surface area (Å²) in [7, 11) is 0. The smallest absolute Gasteiger partial charge is 0.143 e. The minimum atomic E-state index is -0.159. The highest BCUT2D eigenvalue weighted by atomic mass is 16.3. The summed E-state index contributed by atoms with van der Waals surface area (Å²) >= 11 is 0. The summed E-state index contributed by atoms with van der Waals surface area (Å²) < 4.78 is 7.06. The molecule has 0 radical (unpaired) electrons. The number of nitrogens with zero attached hydrogens (tertiary/aromatic N) is 1. The fourth-order valence-corrected chi connectivity index (χ4v) is 10.1. The van der Waals surface area contributed by atoms with E-state index < -0.39 is 0 Å². The monoisotopic (exact) mass is 753 g/mol. The van der Waals surface area contributed by atoms with Gasteiger partial charge in [0.15, 0.2) is 0 Å². The van der Waals surface area contributed by atoms with Gasteiger partial charge in [-0.15, -0.1) is 0 Å². The third-order valence-corrected chi connectivity index (χ3v) is 12.9. The Morgan fingerprint density at radius 3 is 1.81 bits per heavy atom. The van der Waals surface area contributed by atoms with Crippen LogP contribution in [0.4, 0.5) is 17.1 Å². The summed E-state index contributed by atoms with van der Waals surface area (Å²) in [4.78, 5) is 2.48. The predicted molar refractivity (Wildman–Crippen MR) is 249 cm³/mol. The minimum absolute atomic E-state index is 0.159. The average molecular weight is 754 g/mol. The Morgan fingerprint density at radius 1 is 0.407 bits per heavy atom. The lowest BCUT2D eigenvalue weighted by Crippen LogP contribution is -2.17. The van der Waals surface area contributed by atoms with Gasteiger partial charge in [-0.2, -0.15) is 0 Å². The van der Waals surface area contributed by atoms with E-state index in [0.717, 1.165) is 50.0 Å². The van der Waals surface area contributed by atoms with E-state index in [2.05, 4.69) is 219 Å². The van der Waals surface area contributed by atoms with Gasteiger partial charge >= 0.3 is 0 Å². The van der Waals surface area contributed by atoms with Gasteiger partial charge in [-0.3, -0.25) is 0 Å². The van der Waals surface area contributed by atoms with Crippen molar-refractivity contribution in [2.24, 2.45) is 0 Å². The van der Waals surface area contributed by atoms with E-state index in [1.54, 1.807) is 0 Å². The van der Waals surface area contributed by atoms with E-state index in [9.17, 15) is 0 Å². The maximum atomic E-state index is 7.06. The summed E-state index contributed by atoms with van der Waals surface area (Å²) in [5.74, 6) is 0. The van der Waals surface area contributed by atoms with Crippen molar-refractivity contribution >= 4 is 71.3 Å². The zero-order valence-corrected chi connectivity index (χ0v) is 32.9. The average Bonchev–Trinajstić information content (AvgIpc) is 3.80. The zero-order valence-electron chi connectivity index (χ0n) is 32.9. The lowest BCUT2D eigenvalue weighted by atomic mass is 9.82. The van der Waals surface area contributed by atoms with Crippen molar-refractivity contribution in [3.05, 3.63) is 211 Å². The van der Waals surface area contributed by atoms with Crippen LogP contribution >= 0.6 is 0 Å². The first-order valence-corrected chi connectivity index (χ1v) is 20.5. The van der Waals surface area contributed by atoms with Gasteiger partial charge in [-0.1, -0.05) is 178 Å². The number of benzene rings is 10. The largest absolute Gasteiger partial charge is 0.455 e. The van der Waals surface area contributed by atoms with Crippen molar-refractivity contribution in [1.82, 2.24) is 0 Å². The Balaban J connectivity index is 1.21. The molecule has 0 bridgehead atoms. The van der Waals surface area contributed by atoms with Crippen molar-refractivity contribution in [2.45, 2.75) is 19.3 Å². The molecular weight excluding hydrogens is 715 g/mol. The molecule has 1 aromatic heterocycles. The third-order valence-electron chi connectivity index (χ3n) is 12.9. The topological polar surface area (TPSA) is 16.4 Å². The fourth-order valence-electron chi connectivity index (χ4n) is 10.1. The highest BCUT2D eigenvalue weighted by Gasteiger charge is 2.36. The van der Waals surface area contributed by atoms with Gasteiger partial charge in [0.25, 0.3) is 0 Å². The van der Waals surface area contributed by atoms with Gasteiger partial charge in [0.05, 0.1) is 5.69 Å². The lowest BCUT2D eigenvalue weighted by molar-refractivity contribution is 0.660. The molecule has 0 fully saturated rings. The third kappa shape index (κ3) is 5.00. The van der Waals surface area contributed by atoms with Crippen molar-refractivity contribution in [2.75, 3.05) is 4.90 Å². The Hall–Kier alpha value is -7.42. The van der Waals surface area contributed by atoms with Crippen LogP contribution in [0.25, 0.3) is 87.6 Å². The Morgan fingerprint density at radius 2 is 1.00 bits per heavy atom. The Kier molecular flexibility index (Phi) is 7.31. The maximum absolute atomic E-state index is 7.06. The molecule has 0 unspecified atom stereocenters. The van der Waals surface area contributed by atoms with Crippen molar-refractivity contribution in [1.29, 1.82) is 0 Å². The van der Waals surface area contributed by atoms with Crippen LogP contribution in [0.2, 0.25) is 0 Å². The van der Waals surface area contributed by atoms with Gasteiger partial charge in [0, 0.05) is 38.5 Å². The second kappa shape index (κ2) is 12.8. The van der Waals surface area contributed by atoms with Crippen molar-refractivity contribution < 1.29 is 4.42 Å². The molecule has 0 N–H and O–H groups in total. The van der Waals surface area contributed by atoms with Crippen LogP contribution in [0.15, 0.2) is 205 Å². The molecule has 0 spiro atoms. The molecule has 0 amide bonds. The second-order valence-corrected chi connectivity index (χ2v) is 16.4. The van der Waals surface area contributed by atoms with Gasteiger partial charge in [-0.25, -0.2) is 0 Å². The number of rotatable bonds is 5. The number of furan rings is 1. The summed E-state index contributed by atoms with van der Waals surface area (Å²) in [6, 6.07) is 73.1. The molecule has 2 nitrogen and oxygen atoms in total. The van der Waals surface area contributed by atoms with Crippen LogP contribution in [-0.2, 0) is 5.41 Å². The first kappa shape index (κ1) is 33.7. The molecule has 10 aromatic carbocycles. The molecule has 278 valence electrons. The normalized spacial score (nSPS) is 13.1. The minimum Gasteiger partial charge on any atom is -0.455 e. The molecule has 1 aliphatic carbocycles. The molecule has 0 atom stereocenters. The highest BCUT2D eigenvalue weighted by Crippen LogP contribution is 2.54. The first-order valence-electron chi connectivity index (χ1n) is 20.5. The van der Waals surface area contributed by atoms with Crippen molar-refractivity contribution in [3.63, 3.8) is 0 Å². The van der Waals surface area contributed by atoms with E-state index in [1.165, 1.54) is 65.9 Å². The number of fused-ring (bicyclic) bond motifs is 12. The fraction of sp³-hybridized carbons (Fsp3) is 0.0526. The molecule has 1 aliphatic rings. The van der Waals surface area contributed by atoms with E-state index >= 15 is 0 Å². The molecule has 59 heavy (non-hydrogen) atoms. The standard InChI is InChI=1S/C57H39NO/c1-57(2)49-26-13-12-22-44(49)45-32-31-40(35-50(45)57)58(39-29-27-37(28-30-39)36-15-4-3-5-16-36)51-33-34-52-55(53(51)46-25-14-18-38-17-6-7-19-41(38)46)54-47-23-10-8-20-42(47)43-21-9-11-24-48(43)56(54)59-52/h3-35H,1-2H3. The first-order chi connectivity index (χ1) is 29.0. The van der Waals surface area contributed by atoms with Crippen LogP contribution in [0.3, 0.4) is 0 Å². The highest BCUT2D eigenvalue weighted by molar-refractivity contribution is 6.33. The summed E-state index contributed by atoms with van der Waals surface area (Å²) in [6.45, 7) is 4.72. The molecule has 11 aromatic rings. The van der Waals surface area contributed by atoms with E-state index in [1.807, 2.05) is 0 Å². The molecule has 0 saturated carbocycles. The van der Waals surface area contributed by atoms with Gasteiger partial charge in [0.1, 0.15) is 11.2 Å².